The number of rotatable bonds is 1. The van der Waals surface area contributed by atoms with Gasteiger partial charge < -0.3 is 5.11 Å². The maximum Gasteiger partial charge on any atom is 0.221 e. The number of aliphatic hydroxyl groups is 1. The number of nitrogens with zero attached hydrogens (tertiary/aromatic N) is 1. The van der Waals surface area contributed by atoms with E-state index in [0.717, 1.165) is 12.1 Å². The van der Waals surface area contributed by atoms with E-state index in [4.69, 9.17) is 5.11 Å². The molecular formula is C6H5F2NO. The molecule has 0 saturated heterocycles. The summed E-state index contributed by atoms with van der Waals surface area (Å²) in [5.41, 5.74) is 0.00130. The van der Waals surface area contributed by atoms with Gasteiger partial charge in [0.1, 0.15) is 0 Å². The zero-order valence-corrected chi connectivity index (χ0v) is 5.01. The molecule has 10 heavy (non-hydrogen) atoms. The highest BCUT2D eigenvalue weighted by Gasteiger charge is 2.01. The maximum atomic E-state index is 12.3. The zero-order valence-electron chi connectivity index (χ0n) is 5.01. The molecule has 1 N–H and O–H groups in total. The number of hydrogen-bond donors (Lipinski definition) is 1. The van der Waals surface area contributed by atoms with Crippen LogP contribution in [-0.4, -0.2) is 10.1 Å². The van der Waals surface area contributed by atoms with E-state index in [9.17, 15) is 8.78 Å². The van der Waals surface area contributed by atoms with E-state index in [1.54, 1.807) is 0 Å². The molecule has 0 atom stereocenters. The van der Waals surface area contributed by atoms with Crippen LogP contribution in [0.1, 0.15) is 5.56 Å². The predicted molar refractivity (Wildman–Crippen MR) is 30.1 cm³/mol. The molecule has 0 aromatic carbocycles. The van der Waals surface area contributed by atoms with Crippen LogP contribution in [0.15, 0.2) is 12.1 Å². The van der Waals surface area contributed by atoms with Crippen molar-refractivity contribution in [1.29, 1.82) is 0 Å². The summed E-state index contributed by atoms with van der Waals surface area (Å²) < 4.78 is 24.4. The summed E-state index contributed by atoms with van der Waals surface area (Å²) >= 11 is 0. The predicted octanol–water partition coefficient (Wildman–Crippen LogP) is 0.852. The molecule has 0 aliphatic heterocycles. The van der Waals surface area contributed by atoms with Gasteiger partial charge in [0, 0.05) is 5.56 Å². The summed E-state index contributed by atoms with van der Waals surface area (Å²) in [6.45, 7) is -0.459. The maximum absolute atomic E-state index is 12.3. The highest BCUT2D eigenvalue weighted by molar-refractivity contribution is 5.09. The van der Waals surface area contributed by atoms with Gasteiger partial charge in [0.25, 0.3) is 0 Å². The van der Waals surface area contributed by atoms with E-state index in [1.807, 2.05) is 0 Å². The van der Waals surface area contributed by atoms with Crippen LogP contribution in [-0.2, 0) is 6.61 Å². The fraction of sp³-hybridized carbons (Fsp3) is 0.167. The van der Waals surface area contributed by atoms with Crippen LogP contribution in [0.4, 0.5) is 8.78 Å². The molecule has 0 saturated carbocycles. The Labute approximate surface area is 56.1 Å². The summed E-state index contributed by atoms with van der Waals surface area (Å²) in [6.07, 6.45) is 0. The van der Waals surface area contributed by atoms with Gasteiger partial charge in [0.05, 0.1) is 6.61 Å². The highest BCUT2D eigenvalue weighted by Crippen LogP contribution is 2.04. The van der Waals surface area contributed by atoms with Crippen LogP contribution in [0.25, 0.3) is 0 Å². The highest BCUT2D eigenvalue weighted by atomic mass is 19.1. The van der Waals surface area contributed by atoms with Gasteiger partial charge in [-0.15, -0.1) is 0 Å². The number of aromatic nitrogens is 1. The van der Waals surface area contributed by atoms with E-state index >= 15 is 0 Å². The Kier molecular flexibility index (Phi) is 1.91. The number of pyridine rings is 1. The van der Waals surface area contributed by atoms with Crippen molar-refractivity contribution in [3.63, 3.8) is 0 Å². The van der Waals surface area contributed by atoms with Crippen LogP contribution in [0.2, 0.25) is 0 Å². The standard InChI is InChI=1S/C6H5F2NO/c7-5-2-1-4(3-10)6(8)9-5/h1-2,10H,3H2. The molecule has 0 bridgehead atoms. The van der Waals surface area contributed by atoms with Crippen LogP contribution in [0.5, 0.6) is 0 Å². The van der Waals surface area contributed by atoms with Crippen molar-refractivity contribution in [2.45, 2.75) is 6.61 Å². The van der Waals surface area contributed by atoms with E-state index in [0.29, 0.717) is 0 Å². The smallest absolute Gasteiger partial charge is 0.221 e. The average Bonchev–Trinajstić information content (AvgIpc) is 1.88. The Balaban J connectivity index is 3.07. The first-order chi connectivity index (χ1) is 4.74. The van der Waals surface area contributed by atoms with Gasteiger partial charge >= 0.3 is 0 Å². The Morgan fingerprint density at radius 1 is 1.40 bits per heavy atom. The molecule has 0 spiro atoms. The number of aliphatic hydroxyl groups excluding tert-OH is 1. The second-order valence-corrected chi connectivity index (χ2v) is 1.74. The fourth-order valence-corrected chi connectivity index (χ4v) is 0.559. The van der Waals surface area contributed by atoms with E-state index < -0.39 is 18.5 Å². The molecule has 1 aromatic heterocycles. The van der Waals surface area contributed by atoms with Gasteiger partial charge in [0.2, 0.25) is 11.9 Å². The topological polar surface area (TPSA) is 33.1 Å². The summed E-state index contributed by atoms with van der Waals surface area (Å²) in [4.78, 5) is 2.85. The molecule has 54 valence electrons. The van der Waals surface area contributed by atoms with Crippen molar-refractivity contribution in [3.8, 4) is 0 Å². The zero-order chi connectivity index (χ0) is 7.56. The third-order valence-electron chi connectivity index (χ3n) is 1.06. The first-order valence-corrected chi connectivity index (χ1v) is 2.66. The SMILES string of the molecule is OCc1ccc(F)nc1F. The minimum Gasteiger partial charge on any atom is -0.392 e. The van der Waals surface area contributed by atoms with Crippen LogP contribution < -0.4 is 0 Å². The Hall–Kier alpha value is -1.03. The van der Waals surface area contributed by atoms with E-state index in [1.165, 1.54) is 0 Å². The molecule has 2 nitrogen and oxygen atoms in total. The van der Waals surface area contributed by atoms with Crippen LogP contribution in [0, 0.1) is 11.9 Å². The molecule has 4 heteroatoms. The van der Waals surface area contributed by atoms with Crippen molar-refractivity contribution in [1.82, 2.24) is 4.98 Å². The molecule has 0 aliphatic rings. The number of halogens is 2. The molecular weight excluding hydrogens is 140 g/mol. The lowest BCUT2D eigenvalue weighted by Gasteiger charge is -1.95. The van der Waals surface area contributed by atoms with E-state index in [-0.39, 0.29) is 5.56 Å². The lowest BCUT2D eigenvalue weighted by molar-refractivity contribution is 0.273. The van der Waals surface area contributed by atoms with Crippen molar-refractivity contribution in [2.24, 2.45) is 0 Å². The molecule has 0 aliphatic carbocycles. The van der Waals surface area contributed by atoms with Gasteiger partial charge in [-0.3, -0.25) is 0 Å². The van der Waals surface area contributed by atoms with Crippen molar-refractivity contribution in [2.75, 3.05) is 0 Å². The lowest BCUT2D eigenvalue weighted by Crippen LogP contribution is -1.95. The first kappa shape index (κ1) is 7.08. The van der Waals surface area contributed by atoms with Crippen molar-refractivity contribution < 1.29 is 13.9 Å². The molecule has 1 heterocycles. The normalized spacial score (nSPS) is 9.90. The van der Waals surface area contributed by atoms with Crippen LogP contribution in [0.3, 0.4) is 0 Å². The second-order valence-electron chi connectivity index (χ2n) is 1.74. The largest absolute Gasteiger partial charge is 0.392 e. The van der Waals surface area contributed by atoms with Gasteiger partial charge in [-0.2, -0.15) is 13.8 Å². The summed E-state index contributed by atoms with van der Waals surface area (Å²) in [5.74, 6) is -1.84. The number of hydrogen-bond acceptors (Lipinski definition) is 2. The van der Waals surface area contributed by atoms with Crippen molar-refractivity contribution >= 4 is 0 Å². The molecule has 0 radical (unpaired) electrons. The summed E-state index contributed by atoms with van der Waals surface area (Å²) in [7, 11) is 0. The quantitative estimate of drug-likeness (QED) is 0.594. The second kappa shape index (κ2) is 2.70. The Morgan fingerprint density at radius 2 is 2.10 bits per heavy atom. The third kappa shape index (κ3) is 1.27. The lowest BCUT2D eigenvalue weighted by atomic mass is 10.3. The Bertz CT molecular complexity index is 239. The van der Waals surface area contributed by atoms with Gasteiger partial charge in [0.15, 0.2) is 0 Å². The van der Waals surface area contributed by atoms with Gasteiger partial charge in [-0.1, -0.05) is 0 Å². The molecule has 1 aromatic rings. The Morgan fingerprint density at radius 3 is 2.60 bits per heavy atom. The van der Waals surface area contributed by atoms with Crippen molar-refractivity contribution in [3.05, 3.63) is 29.6 Å². The third-order valence-corrected chi connectivity index (χ3v) is 1.06. The first-order valence-electron chi connectivity index (χ1n) is 2.66. The van der Waals surface area contributed by atoms with Gasteiger partial charge in [-0.05, 0) is 12.1 Å². The minimum atomic E-state index is -0.956. The summed E-state index contributed by atoms with van der Waals surface area (Å²) in [5, 5.41) is 8.41. The van der Waals surface area contributed by atoms with Gasteiger partial charge in [-0.25, -0.2) is 0 Å². The molecule has 0 fully saturated rings. The summed E-state index contributed by atoms with van der Waals surface area (Å²) in [6, 6.07) is 2.15. The monoisotopic (exact) mass is 145 g/mol. The fourth-order valence-electron chi connectivity index (χ4n) is 0.559. The molecule has 1 rings (SSSR count). The molecule has 0 unspecified atom stereocenters. The molecule has 0 amide bonds. The average molecular weight is 145 g/mol. The minimum absolute atomic E-state index is 0.00130. The van der Waals surface area contributed by atoms with E-state index in [2.05, 4.69) is 4.98 Å². The van der Waals surface area contributed by atoms with Crippen LogP contribution >= 0.6 is 0 Å².